The molecular formula is C3H7N4+. The molecule has 1 aromatic heterocycles. The Balaban J connectivity index is 3.04. The second kappa shape index (κ2) is 1.29. The van der Waals surface area contributed by atoms with Crippen LogP contribution in [0.1, 0.15) is 0 Å². The molecule has 4 nitrogen and oxygen atoms in total. The molecule has 0 saturated carbocycles. The molecule has 0 aliphatic heterocycles. The fourth-order valence-corrected chi connectivity index (χ4v) is 0.414. The van der Waals surface area contributed by atoms with E-state index in [2.05, 4.69) is 10.4 Å². The van der Waals surface area contributed by atoms with Crippen molar-refractivity contribution < 1.29 is 4.68 Å². The first-order valence-corrected chi connectivity index (χ1v) is 2.01. The van der Waals surface area contributed by atoms with Crippen LogP contribution in [0.25, 0.3) is 0 Å². The quantitative estimate of drug-likeness (QED) is 0.376. The molecule has 4 heteroatoms. The summed E-state index contributed by atoms with van der Waals surface area (Å²) in [6.07, 6.45) is 1.78. The zero-order valence-electron chi connectivity index (χ0n) is 4.37. The number of aryl methyl sites for hydroxylation is 2. The fourth-order valence-electron chi connectivity index (χ4n) is 0.414. The molecule has 7 heavy (non-hydrogen) atoms. The summed E-state index contributed by atoms with van der Waals surface area (Å²) in [4.78, 5) is 0. The molecule has 0 fully saturated rings. The highest BCUT2D eigenvalue weighted by Gasteiger charge is 1.92. The molecule has 0 unspecified atom stereocenters. The Morgan fingerprint density at radius 3 is 2.57 bits per heavy atom. The lowest BCUT2D eigenvalue weighted by molar-refractivity contribution is -0.731. The monoisotopic (exact) mass is 99.1 g/mol. The van der Waals surface area contributed by atoms with Crippen molar-refractivity contribution in [1.82, 2.24) is 15.1 Å². The summed E-state index contributed by atoms with van der Waals surface area (Å²) in [7, 11) is 3.65. The van der Waals surface area contributed by atoms with Crippen molar-refractivity contribution in [3.8, 4) is 0 Å². The number of tetrazole rings is 1. The van der Waals surface area contributed by atoms with Crippen molar-refractivity contribution in [3.05, 3.63) is 6.33 Å². The minimum absolute atomic E-state index is 1.64. The van der Waals surface area contributed by atoms with Crippen molar-refractivity contribution in [2.24, 2.45) is 14.1 Å². The molecular weight excluding hydrogens is 92.1 g/mol. The van der Waals surface area contributed by atoms with E-state index >= 15 is 0 Å². The SMILES string of the molecule is Cn1c[n+](C)nn1. The van der Waals surface area contributed by atoms with Crippen LogP contribution in [0.2, 0.25) is 0 Å². The summed E-state index contributed by atoms with van der Waals surface area (Å²) in [6, 6.07) is 0. The summed E-state index contributed by atoms with van der Waals surface area (Å²) in [5.74, 6) is 0. The molecule has 0 atom stereocenters. The van der Waals surface area contributed by atoms with E-state index in [1.807, 2.05) is 14.1 Å². The Labute approximate surface area is 41.4 Å². The van der Waals surface area contributed by atoms with Crippen LogP contribution in [0.5, 0.6) is 0 Å². The maximum absolute atomic E-state index is 3.65. The molecule has 0 spiro atoms. The van der Waals surface area contributed by atoms with Gasteiger partial charge >= 0.3 is 0 Å². The predicted octanol–water partition coefficient (Wildman–Crippen LogP) is -1.36. The van der Waals surface area contributed by atoms with Crippen LogP contribution < -0.4 is 4.68 Å². The van der Waals surface area contributed by atoms with Gasteiger partial charge in [-0.25, -0.2) is 0 Å². The van der Waals surface area contributed by atoms with Crippen LogP contribution in [-0.2, 0) is 14.1 Å². The minimum Gasteiger partial charge on any atom is -0.143 e. The smallest absolute Gasteiger partial charge is 0.143 e. The summed E-state index contributed by atoms with van der Waals surface area (Å²) in [5, 5.41) is 7.29. The average Bonchev–Trinajstić information content (AvgIpc) is 1.87. The first-order valence-electron chi connectivity index (χ1n) is 2.01. The molecule has 38 valence electrons. The number of rotatable bonds is 0. The Morgan fingerprint density at radius 2 is 2.43 bits per heavy atom. The van der Waals surface area contributed by atoms with E-state index in [0.717, 1.165) is 0 Å². The number of hydrogen-bond acceptors (Lipinski definition) is 2. The lowest BCUT2D eigenvalue weighted by Crippen LogP contribution is -2.28. The predicted molar refractivity (Wildman–Crippen MR) is 22.2 cm³/mol. The second-order valence-corrected chi connectivity index (χ2v) is 1.44. The van der Waals surface area contributed by atoms with Crippen molar-refractivity contribution in [3.63, 3.8) is 0 Å². The molecule has 0 N–H and O–H groups in total. The number of nitrogens with zero attached hydrogens (tertiary/aromatic N) is 4. The van der Waals surface area contributed by atoms with Gasteiger partial charge in [-0.2, -0.15) is 0 Å². The van der Waals surface area contributed by atoms with Gasteiger partial charge in [-0.1, -0.05) is 4.68 Å². The molecule has 0 bridgehead atoms. The maximum Gasteiger partial charge on any atom is 0.243 e. The van der Waals surface area contributed by atoms with Crippen LogP contribution in [-0.4, -0.2) is 15.1 Å². The zero-order valence-corrected chi connectivity index (χ0v) is 4.37. The van der Waals surface area contributed by atoms with Crippen LogP contribution in [0.15, 0.2) is 6.33 Å². The topological polar surface area (TPSA) is 34.6 Å². The Kier molecular flexibility index (Phi) is 0.780. The van der Waals surface area contributed by atoms with Gasteiger partial charge < -0.3 is 0 Å². The van der Waals surface area contributed by atoms with Gasteiger partial charge in [-0.15, -0.1) is 4.68 Å². The Bertz CT molecular complexity index is 139. The van der Waals surface area contributed by atoms with Crippen molar-refractivity contribution in [2.45, 2.75) is 0 Å². The van der Waals surface area contributed by atoms with Gasteiger partial charge in [0.25, 0.3) is 0 Å². The standard InChI is InChI=1S/C3H7N4/c1-6-3-7(2)5-4-6/h3H,1-2H3/q+1. The molecule has 0 aromatic carbocycles. The molecule has 0 saturated heterocycles. The lowest BCUT2D eigenvalue weighted by atomic mass is 11.1. The molecule has 1 rings (SSSR count). The molecule has 1 aromatic rings. The van der Waals surface area contributed by atoms with Gasteiger partial charge in [0.2, 0.25) is 6.33 Å². The van der Waals surface area contributed by atoms with E-state index in [1.165, 1.54) is 0 Å². The first-order chi connectivity index (χ1) is 3.29. The van der Waals surface area contributed by atoms with Crippen LogP contribution in [0, 0.1) is 0 Å². The summed E-state index contributed by atoms with van der Waals surface area (Å²) < 4.78 is 3.28. The third-order valence-electron chi connectivity index (χ3n) is 0.656. The molecule has 0 amide bonds. The number of aromatic nitrogens is 4. The van der Waals surface area contributed by atoms with E-state index in [9.17, 15) is 0 Å². The maximum atomic E-state index is 3.65. The van der Waals surface area contributed by atoms with Gasteiger partial charge in [0.1, 0.15) is 5.21 Å². The average molecular weight is 99.1 g/mol. The van der Waals surface area contributed by atoms with Gasteiger partial charge in [0, 0.05) is 0 Å². The third-order valence-corrected chi connectivity index (χ3v) is 0.656. The molecule has 1 heterocycles. The normalized spacial score (nSPS) is 9.43. The highest BCUT2D eigenvalue weighted by Crippen LogP contribution is 1.56. The second-order valence-electron chi connectivity index (χ2n) is 1.44. The van der Waals surface area contributed by atoms with E-state index in [1.54, 1.807) is 15.7 Å². The van der Waals surface area contributed by atoms with Crippen molar-refractivity contribution in [2.75, 3.05) is 0 Å². The zero-order chi connectivity index (χ0) is 5.28. The van der Waals surface area contributed by atoms with E-state index in [4.69, 9.17) is 0 Å². The van der Waals surface area contributed by atoms with Gasteiger partial charge in [-0.05, 0) is 0 Å². The van der Waals surface area contributed by atoms with E-state index in [-0.39, 0.29) is 0 Å². The lowest BCUT2D eigenvalue weighted by Gasteiger charge is -1.65. The van der Waals surface area contributed by atoms with Gasteiger partial charge in [0.15, 0.2) is 5.21 Å². The molecule has 0 radical (unpaired) electrons. The molecule has 0 aliphatic carbocycles. The third kappa shape index (κ3) is 0.734. The van der Waals surface area contributed by atoms with E-state index in [0.29, 0.717) is 0 Å². The van der Waals surface area contributed by atoms with Gasteiger partial charge in [0.05, 0.1) is 14.1 Å². The van der Waals surface area contributed by atoms with Crippen LogP contribution in [0.4, 0.5) is 0 Å². The summed E-state index contributed by atoms with van der Waals surface area (Å²) >= 11 is 0. The summed E-state index contributed by atoms with van der Waals surface area (Å²) in [6.45, 7) is 0. The van der Waals surface area contributed by atoms with Crippen molar-refractivity contribution >= 4 is 0 Å². The van der Waals surface area contributed by atoms with Crippen LogP contribution in [0.3, 0.4) is 0 Å². The minimum atomic E-state index is 1.64. The van der Waals surface area contributed by atoms with Crippen molar-refractivity contribution in [1.29, 1.82) is 0 Å². The Morgan fingerprint density at radius 1 is 1.71 bits per heavy atom. The molecule has 0 aliphatic rings. The first kappa shape index (κ1) is 4.23. The highest BCUT2D eigenvalue weighted by molar-refractivity contribution is 4.23. The van der Waals surface area contributed by atoms with E-state index < -0.39 is 0 Å². The Hall–Kier alpha value is -0.930. The van der Waals surface area contributed by atoms with Gasteiger partial charge in [-0.3, -0.25) is 0 Å². The highest BCUT2D eigenvalue weighted by atomic mass is 15.6. The van der Waals surface area contributed by atoms with Crippen LogP contribution >= 0.6 is 0 Å². The largest absolute Gasteiger partial charge is 0.243 e. The number of hydrogen-bond donors (Lipinski definition) is 0. The fraction of sp³-hybridized carbons (Fsp3) is 0.667. The summed E-state index contributed by atoms with van der Waals surface area (Å²) in [5.41, 5.74) is 0.